The molecule has 2 aromatic rings. The minimum absolute atomic E-state index is 0.132. The summed E-state index contributed by atoms with van der Waals surface area (Å²) < 4.78 is 5.41. The number of aromatic nitrogens is 2. The van der Waals surface area contributed by atoms with Crippen LogP contribution in [0.15, 0.2) is 24.5 Å². The molecule has 0 fully saturated rings. The lowest BCUT2D eigenvalue weighted by molar-refractivity contribution is 0.0934. The van der Waals surface area contributed by atoms with Crippen molar-refractivity contribution in [2.24, 2.45) is 0 Å². The van der Waals surface area contributed by atoms with Gasteiger partial charge in [0, 0.05) is 11.4 Å². The summed E-state index contributed by atoms with van der Waals surface area (Å²) in [6.07, 6.45) is 1.30. The van der Waals surface area contributed by atoms with E-state index in [1.165, 1.54) is 0 Å². The summed E-state index contributed by atoms with van der Waals surface area (Å²) in [6, 6.07) is 5.45. The van der Waals surface area contributed by atoms with Crippen LogP contribution in [-0.2, 0) is 0 Å². The number of aryl methyl sites for hydroxylation is 1. The number of imidazole rings is 1. The van der Waals surface area contributed by atoms with E-state index in [2.05, 4.69) is 20.6 Å². The van der Waals surface area contributed by atoms with Crippen LogP contribution in [0, 0.1) is 6.92 Å². The van der Waals surface area contributed by atoms with Crippen LogP contribution in [0.1, 0.15) is 34.8 Å². The fourth-order valence-electron chi connectivity index (χ4n) is 2.29. The number of ether oxygens (including phenoxy) is 1. The van der Waals surface area contributed by atoms with Crippen LogP contribution in [0.2, 0.25) is 0 Å². The zero-order valence-electron chi connectivity index (χ0n) is 11.4. The van der Waals surface area contributed by atoms with E-state index in [-0.39, 0.29) is 12.1 Å². The predicted octanol–water partition coefficient (Wildman–Crippen LogP) is 1.97. The number of nitrogens with zero attached hydrogens (tertiary/aromatic N) is 1. The Balaban J connectivity index is 1.92. The summed E-state index contributed by atoms with van der Waals surface area (Å²) in [7, 11) is 0. The molecule has 3 rings (SSSR count). The largest absolute Gasteiger partial charge is 0.494 e. The zero-order valence-corrected chi connectivity index (χ0v) is 11.4. The highest BCUT2D eigenvalue weighted by atomic mass is 16.5. The molecule has 0 aliphatic carbocycles. The number of carbonyl (C=O) groups is 1. The van der Waals surface area contributed by atoms with Crippen molar-refractivity contribution in [3.63, 3.8) is 0 Å². The summed E-state index contributed by atoms with van der Waals surface area (Å²) in [5, 5.41) is 6.17. The summed E-state index contributed by atoms with van der Waals surface area (Å²) in [6.45, 7) is 4.40. The van der Waals surface area contributed by atoms with Gasteiger partial charge in [0.05, 0.1) is 18.5 Å². The molecule has 0 saturated heterocycles. The van der Waals surface area contributed by atoms with E-state index in [1.54, 1.807) is 12.4 Å². The van der Waals surface area contributed by atoms with Gasteiger partial charge in [-0.25, -0.2) is 4.98 Å². The van der Waals surface area contributed by atoms with Gasteiger partial charge in [0.2, 0.25) is 0 Å². The lowest BCUT2D eigenvalue weighted by Gasteiger charge is -2.27. The number of anilines is 1. The average Bonchev–Trinajstić information content (AvgIpc) is 2.86. The van der Waals surface area contributed by atoms with E-state index >= 15 is 0 Å². The molecule has 0 bridgehead atoms. The average molecular weight is 272 g/mol. The number of fused-ring (bicyclic) bond motifs is 1. The van der Waals surface area contributed by atoms with Crippen LogP contribution in [0.4, 0.5) is 5.69 Å². The molecule has 1 aromatic heterocycles. The third-order valence-corrected chi connectivity index (χ3v) is 3.26. The van der Waals surface area contributed by atoms with Crippen LogP contribution in [-0.4, -0.2) is 22.5 Å². The maximum atomic E-state index is 12.2. The molecule has 0 saturated carbocycles. The lowest BCUT2D eigenvalue weighted by Crippen LogP contribution is -2.39. The van der Waals surface area contributed by atoms with Gasteiger partial charge in [-0.1, -0.05) is 0 Å². The third kappa shape index (κ3) is 2.09. The van der Waals surface area contributed by atoms with Gasteiger partial charge in [0.25, 0.3) is 5.91 Å². The van der Waals surface area contributed by atoms with Crippen molar-refractivity contribution in [2.45, 2.75) is 20.0 Å². The molecule has 0 radical (unpaired) electrons. The van der Waals surface area contributed by atoms with Gasteiger partial charge in [0.15, 0.2) is 0 Å². The predicted molar refractivity (Wildman–Crippen MR) is 74.8 cm³/mol. The number of rotatable bonds is 3. The molecule has 1 unspecified atom stereocenters. The topological polar surface area (TPSA) is 79.0 Å². The maximum absolute atomic E-state index is 12.2. The summed E-state index contributed by atoms with van der Waals surface area (Å²) in [5.41, 5.74) is 3.08. The fraction of sp³-hybridized carbons (Fsp3) is 0.286. The molecule has 3 N–H and O–H groups in total. The van der Waals surface area contributed by atoms with E-state index in [4.69, 9.17) is 4.74 Å². The van der Waals surface area contributed by atoms with Crippen LogP contribution in [0.5, 0.6) is 5.75 Å². The highest BCUT2D eigenvalue weighted by Crippen LogP contribution is 2.29. The molecule has 1 atom stereocenters. The summed E-state index contributed by atoms with van der Waals surface area (Å²) in [5.74, 6) is 0.560. The first-order valence-corrected chi connectivity index (χ1v) is 6.53. The molecule has 1 aliphatic rings. The number of nitrogens with one attached hydrogen (secondary N) is 3. The molecule has 0 spiro atoms. The minimum atomic E-state index is -0.320. The quantitative estimate of drug-likeness (QED) is 0.798. The second-order valence-electron chi connectivity index (χ2n) is 4.60. The van der Waals surface area contributed by atoms with Crippen LogP contribution < -0.4 is 15.4 Å². The first-order chi connectivity index (χ1) is 9.69. The van der Waals surface area contributed by atoms with Crippen molar-refractivity contribution in [3.8, 4) is 5.75 Å². The highest BCUT2D eigenvalue weighted by Gasteiger charge is 2.27. The van der Waals surface area contributed by atoms with Gasteiger partial charge in [-0.2, -0.15) is 0 Å². The number of benzene rings is 1. The normalized spacial score (nSPS) is 17.1. The van der Waals surface area contributed by atoms with E-state index in [0.29, 0.717) is 17.9 Å². The second-order valence-corrected chi connectivity index (χ2v) is 4.60. The van der Waals surface area contributed by atoms with Gasteiger partial charge in [-0.05, 0) is 32.0 Å². The van der Waals surface area contributed by atoms with Crippen molar-refractivity contribution in [3.05, 3.63) is 41.5 Å². The van der Waals surface area contributed by atoms with Gasteiger partial charge in [-0.15, -0.1) is 0 Å². The molecule has 6 nitrogen and oxygen atoms in total. The van der Waals surface area contributed by atoms with Crippen molar-refractivity contribution >= 4 is 11.6 Å². The molecule has 1 aromatic carbocycles. The Bertz CT molecular complexity index is 650. The smallest absolute Gasteiger partial charge is 0.255 e. The maximum Gasteiger partial charge on any atom is 0.255 e. The van der Waals surface area contributed by atoms with E-state index in [1.807, 2.05) is 26.0 Å². The van der Waals surface area contributed by atoms with Gasteiger partial charge in [-0.3, -0.25) is 4.79 Å². The Hall–Kier alpha value is -2.50. The van der Waals surface area contributed by atoms with Crippen LogP contribution >= 0.6 is 0 Å². The molecule has 1 amide bonds. The molecular formula is C14H16N4O2. The molecular weight excluding hydrogens is 256 g/mol. The van der Waals surface area contributed by atoms with Gasteiger partial charge < -0.3 is 20.4 Å². The zero-order chi connectivity index (χ0) is 14.1. The van der Waals surface area contributed by atoms with Crippen LogP contribution in [0.3, 0.4) is 0 Å². The Morgan fingerprint density at radius 3 is 2.90 bits per heavy atom. The first kappa shape index (κ1) is 12.5. The van der Waals surface area contributed by atoms with Crippen LogP contribution in [0.25, 0.3) is 0 Å². The third-order valence-electron chi connectivity index (χ3n) is 3.26. The summed E-state index contributed by atoms with van der Waals surface area (Å²) in [4.78, 5) is 19.5. The number of H-pyrrole nitrogens is 1. The van der Waals surface area contributed by atoms with Crippen molar-refractivity contribution in [1.82, 2.24) is 15.3 Å². The lowest BCUT2D eigenvalue weighted by atomic mass is 10.1. The Morgan fingerprint density at radius 1 is 1.35 bits per heavy atom. The highest BCUT2D eigenvalue weighted by molar-refractivity contribution is 6.02. The number of aromatic amines is 1. The fourth-order valence-corrected chi connectivity index (χ4v) is 2.29. The number of amides is 1. The Morgan fingerprint density at radius 2 is 2.20 bits per heavy atom. The molecule has 6 heteroatoms. The number of carbonyl (C=O) groups excluding carboxylic acids is 1. The number of hydrogen-bond donors (Lipinski definition) is 3. The molecule has 104 valence electrons. The van der Waals surface area contributed by atoms with Crippen molar-refractivity contribution in [1.29, 1.82) is 0 Å². The standard InChI is InChI=1S/C14H16N4O2/c1-3-20-9-4-5-11-10(6-9)14(19)18-13(17-11)12-8(2)15-7-16-12/h4-7,13,17H,3H2,1-2H3,(H,15,16)(H,18,19). The molecule has 20 heavy (non-hydrogen) atoms. The Kier molecular flexibility index (Phi) is 3.06. The first-order valence-electron chi connectivity index (χ1n) is 6.53. The molecule has 1 aliphatic heterocycles. The van der Waals surface area contributed by atoms with E-state index in [0.717, 1.165) is 17.1 Å². The van der Waals surface area contributed by atoms with Gasteiger partial charge in [0.1, 0.15) is 17.6 Å². The van der Waals surface area contributed by atoms with Crippen molar-refractivity contribution < 1.29 is 9.53 Å². The second kappa shape index (κ2) is 4.88. The van der Waals surface area contributed by atoms with E-state index in [9.17, 15) is 4.79 Å². The van der Waals surface area contributed by atoms with Crippen molar-refractivity contribution in [2.75, 3.05) is 11.9 Å². The SMILES string of the molecule is CCOc1ccc2c(c1)C(=O)NC(c1nc[nH]c1C)N2. The summed E-state index contributed by atoms with van der Waals surface area (Å²) >= 11 is 0. The van der Waals surface area contributed by atoms with E-state index < -0.39 is 0 Å². The number of hydrogen-bond acceptors (Lipinski definition) is 4. The van der Waals surface area contributed by atoms with Gasteiger partial charge >= 0.3 is 0 Å². The molecule has 2 heterocycles. The monoisotopic (exact) mass is 272 g/mol. The Labute approximate surface area is 116 Å². The minimum Gasteiger partial charge on any atom is -0.494 e.